The van der Waals surface area contributed by atoms with Crippen molar-refractivity contribution in [3.8, 4) is 0 Å². The van der Waals surface area contributed by atoms with Crippen molar-refractivity contribution in [3.63, 3.8) is 0 Å². The molecule has 0 saturated carbocycles. The van der Waals surface area contributed by atoms with E-state index in [1.54, 1.807) is 0 Å². The molecular formula is C16H20O2S. The van der Waals surface area contributed by atoms with Crippen molar-refractivity contribution in [2.45, 2.75) is 42.6 Å². The summed E-state index contributed by atoms with van der Waals surface area (Å²) in [6.07, 6.45) is 6.02. The fourth-order valence-electron chi connectivity index (χ4n) is 4.12. The summed E-state index contributed by atoms with van der Waals surface area (Å²) >= 11 is 0. The summed E-state index contributed by atoms with van der Waals surface area (Å²) in [5, 5.41) is -0.542. The van der Waals surface area contributed by atoms with Gasteiger partial charge in [-0.3, -0.25) is 0 Å². The predicted molar refractivity (Wildman–Crippen MR) is 77.8 cm³/mol. The maximum absolute atomic E-state index is 12.6. The summed E-state index contributed by atoms with van der Waals surface area (Å²) in [6.45, 7) is 3.79. The van der Waals surface area contributed by atoms with Crippen molar-refractivity contribution >= 4 is 9.84 Å². The average Bonchev–Trinajstić information content (AvgIpc) is 2.60. The number of sulfone groups is 1. The van der Waals surface area contributed by atoms with Crippen LogP contribution in [0.15, 0.2) is 42.5 Å². The highest BCUT2D eigenvalue weighted by Crippen LogP contribution is 2.54. The molecule has 2 aliphatic rings. The van der Waals surface area contributed by atoms with Crippen molar-refractivity contribution < 1.29 is 8.42 Å². The minimum atomic E-state index is -3.03. The molecule has 0 aromatic heterocycles. The molecule has 3 heteroatoms. The topological polar surface area (TPSA) is 34.1 Å². The van der Waals surface area contributed by atoms with E-state index in [-0.39, 0.29) is 21.8 Å². The van der Waals surface area contributed by atoms with Crippen LogP contribution in [-0.2, 0) is 15.3 Å². The van der Waals surface area contributed by atoms with Crippen LogP contribution in [0.25, 0.3) is 0 Å². The van der Waals surface area contributed by atoms with Crippen LogP contribution < -0.4 is 0 Å². The summed E-state index contributed by atoms with van der Waals surface area (Å²) < 4.78 is 25.2. The SMILES string of the molecule is CC1[C@@H]2CC=CC[C@]2(c2ccccc2)C(C)S1(=O)=O. The van der Waals surface area contributed by atoms with Crippen LogP contribution >= 0.6 is 0 Å². The van der Waals surface area contributed by atoms with Gasteiger partial charge >= 0.3 is 0 Å². The average molecular weight is 276 g/mol. The van der Waals surface area contributed by atoms with Gasteiger partial charge in [-0.1, -0.05) is 42.5 Å². The molecule has 3 rings (SSSR count). The molecule has 1 aromatic rings. The van der Waals surface area contributed by atoms with Gasteiger partial charge in [-0.15, -0.1) is 0 Å². The van der Waals surface area contributed by atoms with E-state index in [1.165, 1.54) is 5.56 Å². The smallest absolute Gasteiger partial charge is 0.156 e. The van der Waals surface area contributed by atoms with Gasteiger partial charge in [0.2, 0.25) is 0 Å². The number of hydrogen-bond donors (Lipinski definition) is 0. The van der Waals surface area contributed by atoms with Gasteiger partial charge in [-0.25, -0.2) is 8.42 Å². The first kappa shape index (κ1) is 12.9. The van der Waals surface area contributed by atoms with Gasteiger partial charge in [0, 0.05) is 5.41 Å². The van der Waals surface area contributed by atoms with E-state index in [2.05, 4.69) is 24.3 Å². The highest BCUT2D eigenvalue weighted by atomic mass is 32.2. The lowest BCUT2D eigenvalue weighted by atomic mass is 9.62. The van der Waals surface area contributed by atoms with Gasteiger partial charge in [-0.2, -0.15) is 0 Å². The molecule has 1 saturated heterocycles. The Hall–Kier alpha value is -1.09. The van der Waals surface area contributed by atoms with Crippen LogP contribution in [0.3, 0.4) is 0 Å². The van der Waals surface area contributed by atoms with Gasteiger partial charge in [0.15, 0.2) is 9.84 Å². The molecule has 0 bridgehead atoms. The van der Waals surface area contributed by atoms with Crippen molar-refractivity contribution in [2.24, 2.45) is 5.92 Å². The Morgan fingerprint density at radius 3 is 2.47 bits per heavy atom. The van der Waals surface area contributed by atoms with E-state index in [0.717, 1.165) is 12.8 Å². The Morgan fingerprint density at radius 2 is 1.79 bits per heavy atom. The monoisotopic (exact) mass is 276 g/mol. The lowest BCUT2D eigenvalue weighted by Gasteiger charge is -2.40. The minimum absolute atomic E-state index is 0.208. The summed E-state index contributed by atoms with van der Waals surface area (Å²) in [5.41, 5.74) is 0.957. The highest BCUT2D eigenvalue weighted by molar-refractivity contribution is 7.93. The van der Waals surface area contributed by atoms with E-state index < -0.39 is 9.84 Å². The van der Waals surface area contributed by atoms with E-state index in [9.17, 15) is 8.42 Å². The highest BCUT2D eigenvalue weighted by Gasteiger charge is 2.60. The van der Waals surface area contributed by atoms with Crippen LogP contribution in [0.4, 0.5) is 0 Å². The van der Waals surface area contributed by atoms with Crippen molar-refractivity contribution in [1.82, 2.24) is 0 Å². The van der Waals surface area contributed by atoms with Crippen LogP contribution in [-0.4, -0.2) is 18.9 Å². The van der Waals surface area contributed by atoms with E-state index >= 15 is 0 Å². The fourth-order valence-corrected chi connectivity index (χ4v) is 6.57. The summed E-state index contributed by atoms with van der Waals surface area (Å²) in [5.74, 6) is 0.208. The van der Waals surface area contributed by atoms with Crippen LogP contribution in [0.1, 0.15) is 32.3 Å². The first-order valence-electron chi connectivity index (χ1n) is 6.94. The third-order valence-corrected chi connectivity index (χ3v) is 8.06. The van der Waals surface area contributed by atoms with E-state index in [0.29, 0.717) is 0 Å². The quantitative estimate of drug-likeness (QED) is 0.739. The Bertz CT molecular complexity index is 603. The number of fused-ring (bicyclic) bond motifs is 1. The molecule has 1 aliphatic heterocycles. The second-order valence-electron chi connectivity index (χ2n) is 5.86. The molecule has 102 valence electrons. The molecule has 4 atom stereocenters. The van der Waals surface area contributed by atoms with Crippen molar-refractivity contribution in [3.05, 3.63) is 48.0 Å². The second-order valence-corrected chi connectivity index (χ2v) is 8.49. The van der Waals surface area contributed by atoms with E-state index in [4.69, 9.17) is 0 Å². The van der Waals surface area contributed by atoms with Gasteiger partial charge < -0.3 is 0 Å². The Morgan fingerprint density at radius 1 is 1.11 bits per heavy atom. The number of hydrogen-bond acceptors (Lipinski definition) is 2. The first-order valence-corrected chi connectivity index (χ1v) is 8.55. The first-order chi connectivity index (χ1) is 9.01. The fraction of sp³-hybridized carbons (Fsp3) is 0.500. The maximum atomic E-state index is 12.6. The number of benzene rings is 1. The summed E-state index contributed by atoms with van der Waals surface area (Å²) in [7, 11) is -3.03. The van der Waals surface area contributed by atoms with Gasteiger partial charge in [-0.05, 0) is 38.2 Å². The summed E-state index contributed by atoms with van der Waals surface area (Å²) in [6, 6.07) is 10.2. The molecule has 1 aromatic carbocycles. The zero-order chi connectivity index (χ0) is 13.7. The second kappa shape index (κ2) is 4.20. The largest absolute Gasteiger partial charge is 0.228 e. The molecule has 2 nitrogen and oxygen atoms in total. The normalized spacial score (nSPS) is 40.0. The Labute approximate surface area is 115 Å². The standard InChI is InChI=1S/C16H20O2S/c1-12-15-10-6-7-11-16(15,13(2)19(12,17)18)14-8-4-3-5-9-14/h3-9,12-13,15H,10-11H2,1-2H3/t12?,13?,15-,16+/m0/s1. The molecule has 0 N–H and O–H groups in total. The number of allylic oxidation sites excluding steroid dienone is 2. The Kier molecular flexibility index (Phi) is 2.86. The van der Waals surface area contributed by atoms with Crippen LogP contribution in [0.5, 0.6) is 0 Å². The van der Waals surface area contributed by atoms with Gasteiger partial charge in [0.25, 0.3) is 0 Å². The molecule has 0 spiro atoms. The lowest BCUT2D eigenvalue weighted by Crippen LogP contribution is -2.41. The van der Waals surface area contributed by atoms with Crippen molar-refractivity contribution in [2.75, 3.05) is 0 Å². The van der Waals surface area contributed by atoms with Crippen LogP contribution in [0.2, 0.25) is 0 Å². The molecule has 1 fully saturated rings. The van der Waals surface area contributed by atoms with Crippen molar-refractivity contribution in [1.29, 1.82) is 0 Å². The predicted octanol–water partition coefficient (Wildman–Crippen LogP) is 3.10. The molecule has 1 heterocycles. The number of rotatable bonds is 1. The van der Waals surface area contributed by atoms with Gasteiger partial charge in [0.05, 0.1) is 10.5 Å². The molecule has 19 heavy (non-hydrogen) atoms. The third-order valence-electron chi connectivity index (χ3n) is 5.29. The molecular weight excluding hydrogens is 256 g/mol. The van der Waals surface area contributed by atoms with Crippen LogP contribution in [0, 0.1) is 5.92 Å². The van der Waals surface area contributed by atoms with Gasteiger partial charge in [0.1, 0.15) is 0 Å². The lowest BCUT2D eigenvalue weighted by molar-refractivity contribution is 0.275. The maximum Gasteiger partial charge on any atom is 0.156 e. The molecule has 0 radical (unpaired) electrons. The van der Waals surface area contributed by atoms with E-state index in [1.807, 2.05) is 32.0 Å². The molecule has 0 amide bonds. The zero-order valence-electron chi connectivity index (χ0n) is 11.4. The summed E-state index contributed by atoms with van der Waals surface area (Å²) in [4.78, 5) is 0. The third kappa shape index (κ3) is 1.57. The minimum Gasteiger partial charge on any atom is -0.228 e. The Balaban J connectivity index is 2.23. The molecule has 2 unspecified atom stereocenters. The molecule has 1 aliphatic carbocycles. The zero-order valence-corrected chi connectivity index (χ0v) is 12.2.